The molecule has 0 aromatic heterocycles. The van der Waals surface area contributed by atoms with Crippen molar-refractivity contribution in [2.75, 3.05) is 13.6 Å². The minimum atomic E-state index is -0.976. The summed E-state index contributed by atoms with van der Waals surface area (Å²) in [5.41, 5.74) is 2.29. The number of carbonyl (C=O) groups is 2. The highest BCUT2D eigenvalue weighted by atomic mass is 16.4. The van der Waals surface area contributed by atoms with Gasteiger partial charge in [0, 0.05) is 14.0 Å². The molecule has 0 radical (unpaired) electrons. The molecule has 2 N–H and O–H groups in total. The Kier molecular flexibility index (Phi) is 3.42. The third kappa shape index (κ3) is 5.04. The second kappa shape index (κ2) is 3.84. The van der Waals surface area contributed by atoms with Gasteiger partial charge in [-0.15, -0.1) is 0 Å². The molecular formula is C5H10N2O3. The Morgan fingerprint density at radius 3 is 2.40 bits per heavy atom. The predicted octanol–water partition coefficient (Wildman–Crippen LogP) is -0.946. The normalized spacial score (nSPS) is 9.50. The Hall–Kier alpha value is -1.10. The summed E-state index contributed by atoms with van der Waals surface area (Å²) in [6, 6.07) is 0. The molecule has 58 valence electrons. The fourth-order valence-electron chi connectivity index (χ4n) is 0.511. The monoisotopic (exact) mass is 146 g/mol. The van der Waals surface area contributed by atoms with Crippen molar-refractivity contribution in [2.24, 2.45) is 0 Å². The van der Waals surface area contributed by atoms with Crippen LogP contribution in [-0.4, -0.2) is 35.6 Å². The zero-order valence-corrected chi connectivity index (χ0v) is 5.92. The van der Waals surface area contributed by atoms with Gasteiger partial charge in [-0.2, -0.15) is 0 Å². The summed E-state index contributed by atoms with van der Waals surface area (Å²) in [5.74, 6) is -1.25. The van der Waals surface area contributed by atoms with Crippen molar-refractivity contribution in [3.63, 3.8) is 0 Å². The van der Waals surface area contributed by atoms with E-state index in [0.29, 0.717) is 0 Å². The molecule has 0 rings (SSSR count). The van der Waals surface area contributed by atoms with Gasteiger partial charge in [0.2, 0.25) is 5.91 Å². The van der Waals surface area contributed by atoms with E-state index in [1.807, 2.05) is 0 Å². The van der Waals surface area contributed by atoms with Crippen LogP contribution >= 0.6 is 0 Å². The van der Waals surface area contributed by atoms with Gasteiger partial charge >= 0.3 is 5.97 Å². The van der Waals surface area contributed by atoms with E-state index in [-0.39, 0.29) is 12.5 Å². The van der Waals surface area contributed by atoms with Crippen LogP contribution in [0.1, 0.15) is 6.92 Å². The zero-order chi connectivity index (χ0) is 8.15. The molecule has 0 bridgehead atoms. The third-order valence-electron chi connectivity index (χ3n) is 0.721. The minimum absolute atomic E-state index is 0.195. The van der Waals surface area contributed by atoms with Gasteiger partial charge in [-0.05, 0) is 0 Å². The van der Waals surface area contributed by atoms with Gasteiger partial charge in [-0.3, -0.25) is 15.0 Å². The molecule has 0 aliphatic heterocycles. The molecule has 0 aromatic rings. The van der Waals surface area contributed by atoms with Gasteiger partial charge in [0.1, 0.15) is 6.54 Å². The zero-order valence-electron chi connectivity index (χ0n) is 5.92. The lowest BCUT2D eigenvalue weighted by Crippen LogP contribution is -2.40. The molecule has 0 fully saturated rings. The molecule has 0 atom stereocenters. The van der Waals surface area contributed by atoms with Crippen molar-refractivity contribution in [2.45, 2.75) is 6.92 Å². The number of carboxylic acid groups (broad SMARTS) is 1. The highest BCUT2D eigenvalue weighted by Gasteiger charge is 2.03. The first-order valence-electron chi connectivity index (χ1n) is 2.72. The van der Waals surface area contributed by atoms with E-state index in [4.69, 9.17) is 5.11 Å². The average Bonchev–Trinajstić information content (AvgIpc) is 1.58. The molecule has 0 saturated carbocycles. The summed E-state index contributed by atoms with van der Waals surface area (Å²) in [6.07, 6.45) is 0. The molecule has 0 aliphatic carbocycles. The van der Waals surface area contributed by atoms with E-state index in [1.165, 1.54) is 19.0 Å². The van der Waals surface area contributed by atoms with E-state index >= 15 is 0 Å². The molecule has 5 nitrogen and oxygen atoms in total. The number of amides is 1. The number of likely N-dealkylation sites (N-methyl/N-ethyl adjacent to an activating group) is 1. The van der Waals surface area contributed by atoms with Crippen molar-refractivity contribution in [3.8, 4) is 0 Å². The van der Waals surface area contributed by atoms with Gasteiger partial charge in [-0.1, -0.05) is 0 Å². The van der Waals surface area contributed by atoms with Crippen LogP contribution in [0.5, 0.6) is 0 Å². The Morgan fingerprint density at radius 1 is 1.60 bits per heavy atom. The maximum absolute atomic E-state index is 10.3. The first-order valence-corrected chi connectivity index (χ1v) is 2.72. The van der Waals surface area contributed by atoms with Crippen LogP contribution < -0.4 is 5.43 Å². The molecule has 0 spiro atoms. The third-order valence-corrected chi connectivity index (χ3v) is 0.721. The summed E-state index contributed by atoms with van der Waals surface area (Å²) >= 11 is 0. The SMILES string of the molecule is CC(=O)NN(C)CC(=O)O. The fraction of sp³-hybridized carbons (Fsp3) is 0.600. The molecule has 1 amide bonds. The second-order valence-electron chi connectivity index (χ2n) is 1.92. The first-order chi connectivity index (χ1) is 4.52. The summed E-state index contributed by atoms with van der Waals surface area (Å²) in [5, 5.41) is 9.40. The van der Waals surface area contributed by atoms with Crippen molar-refractivity contribution in [3.05, 3.63) is 0 Å². The molecular weight excluding hydrogens is 136 g/mol. The lowest BCUT2D eigenvalue weighted by Gasteiger charge is -2.12. The number of nitrogens with zero attached hydrogens (tertiary/aromatic N) is 1. The van der Waals surface area contributed by atoms with Gasteiger partial charge in [-0.25, -0.2) is 5.01 Å². The molecule has 0 heterocycles. The summed E-state index contributed by atoms with van der Waals surface area (Å²) in [7, 11) is 1.48. The van der Waals surface area contributed by atoms with Crippen LogP contribution in [0.2, 0.25) is 0 Å². The van der Waals surface area contributed by atoms with Crippen LogP contribution in [0.15, 0.2) is 0 Å². The van der Waals surface area contributed by atoms with Crippen LogP contribution in [0, 0.1) is 0 Å². The average molecular weight is 146 g/mol. The number of carbonyl (C=O) groups excluding carboxylic acids is 1. The molecule has 5 heteroatoms. The molecule has 0 saturated heterocycles. The molecule has 10 heavy (non-hydrogen) atoms. The Morgan fingerprint density at radius 2 is 2.10 bits per heavy atom. The van der Waals surface area contributed by atoms with Gasteiger partial charge in [0.25, 0.3) is 0 Å². The van der Waals surface area contributed by atoms with E-state index in [1.54, 1.807) is 0 Å². The van der Waals surface area contributed by atoms with Crippen LogP contribution in [0.25, 0.3) is 0 Å². The Labute approximate surface area is 58.6 Å². The van der Waals surface area contributed by atoms with Gasteiger partial charge < -0.3 is 5.11 Å². The van der Waals surface area contributed by atoms with Crippen LogP contribution in [0.3, 0.4) is 0 Å². The van der Waals surface area contributed by atoms with Crippen LogP contribution in [-0.2, 0) is 9.59 Å². The number of hydrogen-bond donors (Lipinski definition) is 2. The predicted molar refractivity (Wildman–Crippen MR) is 34.1 cm³/mol. The quantitative estimate of drug-likeness (QED) is 0.504. The lowest BCUT2D eigenvalue weighted by molar-refractivity contribution is -0.139. The van der Waals surface area contributed by atoms with Crippen molar-refractivity contribution >= 4 is 11.9 Å². The number of nitrogens with one attached hydrogen (secondary N) is 1. The van der Waals surface area contributed by atoms with Crippen LogP contribution in [0.4, 0.5) is 0 Å². The number of hydrazine groups is 1. The summed E-state index contributed by atoms with van der Waals surface area (Å²) in [6.45, 7) is 1.12. The molecule has 0 unspecified atom stereocenters. The Bertz CT molecular complexity index is 130. The maximum atomic E-state index is 10.3. The van der Waals surface area contributed by atoms with E-state index in [9.17, 15) is 9.59 Å². The van der Waals surface area contributed by atoms with Gasteiger partial charge in [0.05, 0.1) is 0 Å². The van der Waals surface area contributed by atoms with E-state index in [2.05, 4.69) is 5.43 Å². The Balaban J connectivity index is 3.53. The van der Waals surface area contributed by atoms with Crippen molar-refractivity contribution in [1.82, 2.24) is 10.4 Å². The minimum Gasteiger partial charge on any atom is -0.480 e. The number of carboxylic acids is 1. The summed E-state index contributed by atoms with van der Waals surface area (Å²) < 4.78 is 0. The standard InChI is InChI=1S/C5H10N2O3/c1-4(8)6-7(2)3-5(9)10/h3H2,1-2H3,(H,6,8)(H,9,10). The largest absolute Gasteiger partial charge is 0.480 e. The molecule has 0 aromatic carbocycles. The first kappa shape index (κ1) is 8.90. The topological polar surface area (TPSA) is 69.6 Å². The smallest absolute Gasteiger partial charge is 0.319 e. The lowest BCUT2D eigenvalue weighted by atomic mass is 10.6. The number of rotatable bonds is 3. The molecule has 0 aliphatic rings. The van der Waals surface area contributed by atoms with E-state index in [0.717, 1.165) is 0 Å². The van der Waals surface area contributed by atoms with E-state index < -0.39 is 5.97 Å². The maximum Gasteiger partial charge on any atom is 0.319 e. The highest BCUT2D eigenvalue weighted by Crippen LogP contribution is 1.74. The number of hydrogen-bond acceptors (Lipinski definition) is 3. The van der Waals surface area contributed by atoms with Crippen molar-refractivity contribution in [1.29, 1.82) is 0 Å². The second-order valence-corrected chi connectivity index (χ2v) is 1.92. The summed E-state index contributed by atoms with van der Waals surface area (Å²) in [4.78, 5) is 20.3. The van der Waals surface area contributed by atoms with Crippen molar-refractivity contribution < 1.29 is 14.7 Å². The van der Waals surface area contributed by atoms with Gasteiger partial charge in [0.15, 0.2) is 0 Å². The number of aliphatic carboxylic acids is 1. The highest BCUT2D eigenvalue weighted by molar-refractivity contribution is 5.73. The fourth-order valence-corrected chi connectivity index (χ4v) is 0.511.